The van der Waals surface area contributed by atoms with Gasteiger partial charge in [0.1, 0.15) is 11.6 Å². The van der Waals surface area contributed by atoms with Crippen molar-refractivity contribution in [2.24, 2.45) is 5.10 Å². The van der Waals surface area contributed by atoms with Crippen LogP contribution in [0.5, 0.6) is 0 Å². The van der Waals surface area contributed by atoms with E-state index in [4.69, 9.17) is 16.0 Å². The molecule has 3 aromatic rings. The average Bonchev–Trinajstić information content (AvgIpc) is 3.07. The minimum Gasteiger partial charge on any atom is -0.451 e. The fourth-order valence-electron chi connectivity index (χ4n) is 2.02. The van der Waals surface area contributed by atoms with Gasteiger partial charge in [-0.2, -0.15) is 5.10 Å². The minimum atomic E-state index is -0.494. The Balaban J connectivity index is 1.68. The number of benzene rings is 2. The van der Waals surface area contributed by atoms with Gasteiger partial charge in [-0.15, -0.1) is 0 Å². The van der Waals surface area contributed by atoms with Gasteiger partial charge in [0, 0.05) is 16.1 Å². The van der Waals surface area contributed by atoms with Gasteiger partial charge in [-0.1, -0.05) is 29.8 Å². The van der Waals surface area contributed by atoms with E-state index in [0.717, 1.165) is 0 Å². The molecule has 3 rings (SSSR count). The van der Waals surface area contributed by atoms with Crippen LogP contribution >= 0.6 is 11.6 Å². The molecule has 0 bridgehead atoms. The molecule has 4 nitrogen and oxygen atoms in total. The quantitative estimate of drug-likeness (QED) is 0.560. The second kappa shape index (κ2) is 7.10. The summed E-state index contributed by atoms with van der Waals surface area (Å²) in [6.45, 7) is 0. The number of nitrogens with zero attached hydrogens (tertiary/aromatic N) is 1. The van der Waals surface area contributed by atoms with Gasteiger partial charge in [0.25, 0.3) is 0 Å². The molecule has 0 aliphatic heterocycles. The summed E-state index contributed by atoms with van der Waals surface area (Å²) in [6.07, 6.45) is 1.45. The van der Waals surface area contributed by atoms with Gasteiger partial charge in [-0.05, 0) is 42.5 Å². The van der Waals surface area contributed by atoms with Crippen molar-refractivity contribution in [1.82, 2.24) is 5.43 Å². The van der Waals surface area contributed by atoms with E-state index in [9.17, 15) is 9.18 Å². The van der Waals surface area contributed by atoms with Gasteiger partial charge < -0.3 is 4.42 Å². The molecule has 1 N–H and O–H groups in total. The zero-order valence-electron chi connectivity index (χ0n) is 12.4. The number of rotatable bonds is 4. The van der Waals surface area contributed by atoms with Gasteiger partial charge in [0.15, 0.2) is 5.76 Å². The Hall–Kier alpha value is -2.92. The number of hydrazone groups is 1. The van der Waals surface area contributed by atoms with Gasteiger partial charge in [-0.25, -0.2) is 9.82 Å². The van der Waals surface area contributed by atoms with E-state index < -0.39 is 5.91 Å². The third kappa shape index (κ3) is 3.70. The highest BCUT2D eigenvalue weighted by atomic mass is 35.5. The largest absolute Gasteiger partial charge is 0.451 e. The van der Waals surface area contributed by atoms with E-state index in [1.165, 1.54) is 24.4 Å². The molecule has 0 unspecified atom stereocenters. The first-order valence-electron chi connectivity index (χ1n) is 7.07. The maximum atomic E-state index is 12.9. The lowest BCUT2D eigenvalue weighted by molar-refractivity contribution is 0.0928. The summed E-state index contributed by atoms with van der Waals surface area (Å²) in [5.41, 5.74) is 3.73. The van der Waals surface area contributed by atoms with Crippen molar-refractivity contribution in [1.29, 1.82) is 0 Å². The Morgan fingerprint density at radius 3 is 2.58 bits per heavy atom. The van der Waals surface area contributed by atoms with E-state index >= 15 is 0 Å². The minimum absolute atomic E-state index is 0.102. The lowest BCUT2D eigenvalue weighted by atomic mass is 10.2. The van der Waals surface area contributed by atoms with Crippen LogP contribution in [0.3, 0.4) is 0 Å². The van der Waals surface area contributed by atoms with Gasteiger partial charge in [-0.3, -0.25) is 4.79 Å². The number of carbonyl (C=O) groups is 1. The van der Waals surface area contributed by atoms with Crippen LogP contribution in [0.15, 0.2) is 70.2 Å². The molecule has 0 atom stereocenters. The molecule has 1 heterocycles. The first-order valence-corrected chi connectivity index (χ1v) is 7.45. The number of hydrogen-bond acceptors (Lipinski definition) is 3. The second-order valence-corrected chi connectivity index (χ2v) is 5.30. The average molecular weight is 343 g/mol. The molecule has 0 fully saturated rings. The molecule has 1 amide bonds. The third-order valence-corrected chi connectivity index (χ3v) is 3.58. The fraction of sp³-hybridized carbons (Fsp3) is 0. The number of nitrogens with one attached hydrogen (secondary N) is 1. The highest BCUT2D eigenvalue weighted by molar-refractivity contribution is 6.33. The SMILES string of the molecule is O=C(N/N=C/c1ccccc1Cl)c1ccc(-c2ccc(F)cc2)o1. The molecule has 2 aromatic carbocycles. The van der Waals surface area contributed by atoms with Crippen LogP contribution in [0.1, 0.15) is 16.1 Å². The van der Waals surface area contributed by atoms with Gasteiger partial charge >= 0.3 is 5.91 Å². The second-order valence-electron chi connectivity index (χ2n) is 4.89. The molecule has 6 heteroatoms. The summed E-state index contributed by atoms with van der Waals surface area (Å²) in [5, 5.41) is 4.39. The van der Waals surface area contributed by atoms with Crippen LogP contribution in [-0.4, -0.2) is 12.1 Å². The van der Waals surface area contributed by atoms with E-state index in [0.29, 0.717) is 21.9 Å². The van der Waals surface area contributed by atoms with Crippen molar-refractivity contribution < 1.29 is 13.6 Å². The fourth-order valence-corrected chi connectivity index (χ4v) is 2.21. The lowest BCUT2D eigenvalue weighted by Crippen LogP contribution is -2.16. The monoisotopic (exact) mass is 342 g/mol. The van der Waals surface area contributed by atoms with Crippen LogP contribution in [0, 0.1) is 5.82 Å². The van der Waals surface area contributed by atoms with Gasteiger partial charge in [0.05, 0.1) is 6.21 Å². The molecule has 0 radical (unpaired) electrons. The summed E-state index contributed by atoms with van der Waals surface area (Å²) in [7, 11) is 0. The topological polar surface area (TPSA) is 54.6 Å². The van der Waals surface area contributed by atoms with Crippen LogP contribution in [-0.2, 0) is 0 Å². The lowest BCUT2D eigenvalue weighted by Gasteiger charge is -1.98. The summed E-state index contributed by atoms with van der Waals surface area (Å²) in [6, 6.07) is 16.1. The predicted molar refractivity (Wildman–Crippen MR) is 90.6 cm³/mol. The summed E-state index contributed by atoms with van der Waals surface area (Å²) < 4.78 is 18.4. The normalized spacial score (nSPS) is 10.9. The third-order valence-electron chi connectivity index (χ3n) is 3.23. The molecular weight excluding hydrogens is 331 g/mol. The summed E-state index contributed by atoms with van der Waals surface area (Å²) in [4.78, 5) is 12.0. The Morgan fingerprint density at radius 2 is 1.83 bits per heavy atom. The van der Waals surface area contributed by atoms with Crippen molar-refractivity contribution in [3.05, 3.63) is 82.8 Å². The van der Waals surface area contributed by atoms with E-state index in [2.05, 4.69) is 10.5 Å². The molecule has 120 valence electrons. The molecule has 0 spiro atoms. The molecule has 24 heavy (non-hydrogen) atoms. The first-order chi connectivity index (χ1) is 11.6. The molecule has 1 aromatic heterocycles. The highest BCUT2D eigenvalue weighted by Crippen LogP contribution is 2.22. The Bertz CT molecular complexity index is 888. The summed E-state index contributed by atoms with van der Waals surface area (Å²) >= 11 is 5.99. The van der Waals surface area contributed by atoms with Crippen LogP contribution in [0.4, 0.5) is 4.39 Å². The number of amides is 1. The molecule has 0 aliphatic carbocycles. The van der Waals surface area contributed by atoms with E-state index in [1.54, 1.807) is 36.4 Å². The van der Waals surface area contributed by atoms with Crippen molar-refractivity contribution in [3.8, 4) is 11.3 Å². The first kappa shape index (κ1) is 16.0. The standard InChI is InChI=1S/C18H12ClFN2O2/c19-15-4-2-1-3-13(15)11-21-22-18(23)17-10-9-16(24-17)12-5-7-14(20)8-6-12/h1-11H,(H,22,23)/b21-11+. The maximum Gasteiger partial charge on any atom is 0.307 e. The zero-order valence-corrected chi connectivity index (χ0v) is 13.1. The maximum absolute atomic E-state index is 12.9. The van der Waals surface area contributed by atoms with Crippen molar-refractivity contribution in [2.75, 3.05) is 0 Å². The molecule has 0 aliphatic rings. The number of furan rings is 1. The van der Waals surface area contributed by atoms with E-state index in [-0.39, 0.29) is 11.6 Å². The molecular formula is C18H12ClFN2O2. The molecule has 0 saturated heterocycles. The zero-order chi connectivity index (χ0) is 16.9. The van der Waals surface area contributed by atoms with Crippen molar-refractivity contribution in [2.45, 2.75) is 0 Å². The Morgan fingerprint density at radius 1 is 1.08 bits per heavy atom. The van der Waals surface area contributed by atoms with Crippen molar-refractivity contribution >= 4 is 23.7 Å². The van der Waals surface area contributed by atoms with Crippen LogP contribution in [0.2, 0.25) is 5.02 Å². The number of hydrogen-bond donors (Lipinski definition) is 1. The predicted octanol–water partition coefficient (Wildman–Crippen LogP) is 4.50. The van der Waals surface area contributed by atoms with Crippen LogP contribution in [0.25, 0.3) is 11.3 Å². The molecule has 0 saturated carbocycles. The van der Waals surface area contributed by atoms with Crippen molar-refractivity contribution in [3.63, 3.8) is 0 Å². The highest BCUT2D eigenvalue weighted by Gasteiger charge is 2.11. The summed E-state index contributed by atoms with van der Waals surface area (Å²) in [5.74, 6) is -0.260. The smallest absolute Gasteiger partial charge is 0.307 e. The number of carbonyl (C=O) groups excluding carboxylic acids is 1. The van der Waals surface area contributed by atoms with E-state index in [1.807, 2.05) is 6.07 Å². The Kier molecular flexibility index (Phi) is 4.72. The van der Waals surface area contributed by atoms with Gasteiger partial charge in [0.2, 0.25) is 0 Å². The van der Waals surface area contributed by atoms with Crippen LogP contribution < -0.4 is 5.43 Å². The Labute approximate surface area is 142 Å². The number of halogens is 2.